The molecule has 2 aliphatic heterocycles. The van der Waals surface area contributed by atoms with E-state index in [1.54, 1.807) is 0 Å². The molecule has 4 N–H and O–H groups in total. The largest absolute Gasteiger partial charge is 0.468 e. The van der Waals surface area contributed by atoms with E-state index in [0.717, 1.165) is 51.9 Å². The standard InChI is InChI=1S/2C19H20F3N3O2/c2*20-19(21,22)12-27-17-8-5-15(11-24-17)18(26)25-16-6-3-13(4-7-16)14-2-1-9-23-10-14/h2*3-8,11,14,23H,1-2,9-10,12H2,(H,25,26)/t2*14-/m10/s1. The zero-order valence-electron chi connectivity index (χ0n) is 29.1. The number of carbonyl (C=O) groups excluding carboxylic acids is 2. The number of nitrogens with zero attached hydrogens (tertiary/aromatic N) is 2. The van der Waals surface area contributed by atoms with Crippen molar-refractivity contribution >= 4 is 23.2 Å². The minimum absolute atomic E-state index is 0.186. The van der Waals surface area contributed by atoms with Gasteiger partial charge in [0.15, 0.2) is 13.2 Å². The molecule has 2 amide bonds. The molecule has 2 aliphatic rings. The van der Waals surface area contributed by atoms with E-state index >= 15 is 0 Å². The minimum atomic E-state index is -4.43. The van der Waals surface area contributed by atoms with Crippen LogP contribution in [0.1, 0.15) is 69.4 Å². The topological polar surface area (TPSA) is 126 Å². The normalized spacial score (nSPS) is 17.4. The van der Waals surface area contributed by atoms with Gasteiger partial charge in [0.25, 0.3) is 11.8 Å². The maximum atomic E-state index is 12.2. The van der Waals surface area contributed by atoms with Crippen molar-refractivity contribution in [2.24, 2.45) is 0 Å². The van der Waals surface area contributed by atoms with Gasteiger partial charge >= 0.3 is 12.4 Å². The highest BCUT2D eigenvalue weighted by molar-refractivity contribution is 6.04. The molecule has 0 bridgehead atoms. The Morgan fingerprint density at radius 1 is 0.611 bits per heavy atom. The lowest BCUT2D eigenvalue weighted by Crippen LogP contribution is -2.28. The number of halogens is 6. The summed E-state index contributed by atoms with van der Waals surface area (Å²) in [6.07, 6.45) is -1.90. The molecule has 0 unspecified atom stereocenters. The highest BCUT2D eigenvalue weighted by Gasteiger charge is 2.29. The summed E-state index contributed by atoms with van der Waals surface area (Å²) in [5.74, 6) is -0.188. The molecular weight excluding hydrogens is 718 g/mol. The summed E-state index contributed by atoms with van der Waals surface area (Å²) in [6, 6.07) is 20.6. The SMILES string of the molecule is O=C(Nc1ccc([C@@H]2CCCNC2)cc1)c1ccc(OCC(F)(F)F)nc1.O=C(Nc1ccc([C@H]2CCCNC2)cc1)c1ccc(OCC(F)(F)F)nc1. The van der Waals surface area contributed by atoms with Crippen LogP contribution in [0.25, 0.3) is 0 Å². The molecule has 6 rings (SSSR count). The van der Waals surface area contributed by atoms with E-state index in [1.165, 1.54) is 47.8 Å². The Morgan fingerprint density at radius 3 is 1.30 bits per heavy atom. The summed E-state index contributed by atoms with van der Waals surface area (Å²) in [5, 5.41) is 12.2. The third-order valence-electron chi connectivity index (χ3n) is 8.64. The molecule has 2 aromatic heterocycles. The molecule has 288 valence electrons. The smallest absolute Gasteiger partial charge is 0.422 e. The second-order valence-corrected chi connectivity index (χ2v) is 12.8. The first-order valence-electron chi connectivity index (χ1n) is 17.4. The van der Waals surface area contributed by atoms with Crippen LogP contribution in [0.3, 0.4) is 0 Å². The number of alkyl halides is 6. The van der Waals surface area contributed by atoms with Crippen molar-refractivity contribution in [2.75, 3.05) is 50.0 Å². The van der Waals surface area contributed by atoms with Gasteiger partial charge in [0, 0.05) is 49.0 Å². The molecule has 54 heavy (non-hydrogen) atoms. The monoisotopic (exact) mass is 758 g/mol. The predicted molar refractivity (Wildman–Crippen MR) is 190 cm³/mol. The number of benzene rings is 2. The Hall–Kier alpha value is -5.22. The van der Waals surface area contributed by atoms with Crippen LogP contribution in [0.5, 0.6) is 11.8 Å². The van der Waals surface area contributed by atoms with Crippen LogP contribution < -0.4 is 30.7 Å². The quantitative estimate of drug-likeness (QED) is 0.123. The van der Waals surface area contributed by atoms with Gasteiger partial charge in [-0.05, 0) is 98.1 Å². The van der Waals surface area contributed by atoms with E-state index in [9.17, 15) is 35.9 Å². The van der Waals surface area contributed by atoms with Crippen LogP contribution >= 0.6 is 0 Å². The van der Waals surface area contributed by atoms with E-state index in [-0.39, 0.29) is 22.9 Å². The molecule has 4 heterocycles. The van der Waals surface area contributed by atoms with E-state index in [1.807, 2.05) is 48.5 Å². The van der Waals surface area contributed by atoms with Crippen LogP contribution in [-0.4, -0.2) is 73.5 Å². The number of nitrogens with one attached hydrogen (secondary N) is 4. The van der Waals surface area contributed by atoms with Crippen LogP contribution in [-0.2, 0) is 0 Å². The second kappa shape index (κ2) is 18.7. The summed E-state index contributed by atoms with van der Waals surface area (Å²) in [7, 11) is 0. The van der Waals surface area contributed by atoms with Gasteiger partial charge < -0.3 is 30.7 Å². The van der Waals surface area contributed by atoms with Crippen LogP contribution in [0.4, 0.5) is 37.7 Å². The van der Waals surface area contributed by atoms with Crippen molar-refractivity contribution in [1.82, 2.24) is 20.6 Å². The number of rotatable bonds is 10. The van der Waals surface area contributed by atoms with Gasteiger partial charge in [-0.2, -0.15) is 26.3 Å². The van der Waals surface area contributed by atoms with Crippen molar-refractivity contribution in [1.29, 1.82) is 0 Å². The van der Waals surface area contributed by atoms with Gasteiger partial charge in [0.2, 0.25) is 11.8 Å². The Balaban J connectivity index is 0.000000208. The van der Waals surface area contributed by atoms with Gasteiger partial charge in [-0.25, -0.2) is 9.97 Å². The Morgan fingerprint density at radius 2 is 1.00 bits per heavy atom. The van der Waals surface area contributed by atoms with Gasteiger partial charge in [-0.15, -0.1) is 0 Å². The molecule has 16 heteroatoms. The van der Waals surface area contributed by atoms with Gasteiger partial charge in [-0.3, -0.25) is 9.59 Å². The number of carbonyl (C=O) groups is 2. The molecule has 2 fully saturated rings. The molecule has 4 aromatic rings. The fraction of sp³-hybridized carbons (Fsp3) is 0.368. The highest BCUT2D eigenvalue weighted by atomic mass is 19.4. The van der Waals surface area contributed by atoms with Crippen molar-refractivity contribution in [2.45, 2.75) is 49.9 Å². The van der Waals surface area contributed by atoms with Crippen molar-refractivity contribution < 1.29 is 45.4 Å². The molecule has 0 saturated carbocycles. The van der Waals surface area contributed by atoms with Crippen molar-refractivity contribution in [3.8, 4) is 11.8 Å². The molecule has 2 saturated heterocycles. The van der Waals surface area contributed by atoms with E-state index in [4.69, 9.17) is 0 Å². The van der Waals surface area contributed by atoms with E-state index in [2.05, 4.69) is 40.7 Å². The fourth-order valence-corrected chi connectivity index (χ4v) is 5.87. The number of hydrogen-bond donors (Lipinski definition) is 4. The zero-order valence-corrected chi connectivity index (χ0v) is 29.1. The number of ether oxygens (including phenoxy) is 2. The van der Waals surface area contributed by atoms with Gasteiger partial charge in [0.1, 0.15) is 0 Å². The second-order valence-electron chi connectivity index (χ2n) is 12.8. The van der Waals surface area contributed by atoms with Gasteiger partial charge in [-0.1, -0.05) is 24.3 Å². The van der Waals surface area contributed by atoms with Crippen molar-refractivity contribution in [3.05, 3.63) is 107 Å². The summed E-state index contributed by atoms with van der Waals surface area (Å²) >= 11 is 0. The van der Waals surface area contributed by atoms with Crippen LogP contribution in [0.2, 0.25) is 0 Å². The predicted octanol–water partition coefficient (Wildman–Crippen LogP) is 7.48. The Labute approximate surface area is 308 Å². The van der Waals surface area contributed by atoms with E-state index < -0.39 is 37.4 Å². The summed E-state index contributed by atoms with van der Waals surface area (Å²) in [4.78, 5) is 32.0. The number of hydrogen-bond acceptors (Lipinski definition) is 8. The van der Waals surface area contributed by atoms with Gasteiger partial charge in [0.05, 0.1) is 11.1 Å². The number of amides is 2. The maximum absolute atomic E-state index is 12.2. The lowest BCUT2D eigenvalue weighted by molar-refractivity contribution is -0.154. The molecule has 10 nitrogen and oxygen atoms in total. The summed E-state index contributed by atoms with van der Waals surface area (Å²) in [6.45, 7) is 1.18. The third-order valence-corrected chi connectivity index (χ3v) is 8.64. The zero-order chi connectivity index (χ0) is 38.6. The van der Waals surface area contributed by atoms with Crippen molar-refractivity contribution in [3.63, 3.8) is 0 Å². The molecule has 0 aliphatic carbocycles. The average Bonchev–Trinajstić information content (AvgIpc) is 3.17. The molecule has 0 radical (unpaired) electrons. The summed E-state index contributed by atoms with van der Waals surface area (Å²) < 4.78 is 81.7. The maximum Gasteiger partial charge on any atom is 0.422 e. The average molecular weight is 759 g/mol. The molecule has 2 aromatic carbocycles. The number of aromatic nitrogens is 2. The lowest BCUT2D eigenvalue weighted by atomic mass is 9.91. The molecule has 0 spiro atoms. The first-order chi connectivity index (χ1) is 25.8. The molecule has 2 atom stereocenters. The molecular formula is C38H40F6N6O4. The lowest BCUT2D eigenvalue weighted by Gasteiger charge is -2.23. The minimum Gasteiger partial charge on any atom is -0.468 e. The van der Waals surface area contributed by atoms with Crippen LogP contribution in [0.15, 0.2) is 85.2 Å². The first kappa shape index (κ1) is 40.0. The van der Waals surface area contributed by atoms with Crippen LogP contribution in [0, 0.1) is 0 Å². The highest BCUT2D eigenvalue weighted by Crippen LogP contribution is 2.26. The first-order valence-corrected chi connectivity index (χ1v) is 17.4. The Bertz CT molecular complexity index is 1640. The summed E-state index contributed by atoms with van der Waals surface area (Å²) in [5.41, 5.74) is 4.21. The number of piperidine rings is 2. The number of pyridine rings is 2. The third kappa shape index (κ3) is 13.0. The number of anilines is 2. The fourth-order valence-electron chi connectivity index (χ4n) is 5.87. The van der Waals surface area contributed by atoms with E-state index in [0.29, 0.717) is 23.2 Å². The Kier molecular flexibility index (Phi) is 13.8.